The summed E-state index contributed by atoms with van der Waals surface area (Å²) in [6, 6.07) is -0.309. The Balaban J connectivity index is 1.86. The number of esters is 1. The van der Waals surface area contributed by atoms with Crippen LogP contribution in [0, 0.1) is 11.8 Å². The largest absolute Gasteiger partial charge is 0.465 e. The fraction of sp³-hybridized carbons (Fsp3) is 0.500. The van der Waals surface area contributed by atoms with Crippen LogP contribution >= 0.6 is 0 Å². The lowest BCUT2D eigenvalue weighted by Gasteiger charge is -2.18. The van der Waals surface area contributed by atoms with E-state index in [0.29, 0.717) is 17.6 Å². The van der Waals surface area contributed by atoms with Gasteiger partial charge in [-0.1, -0.05) is 20.4 Å². The number of hydrogen-bond donors (Lipinski definition) is 3. The van der Waals surface area contributed by atoms with E-state index < -0.39 is 11.7 Å². The fourth-order valence-corrected chi connectivity index (χ4v) is 3.06. The number of aromatic amines is 1. The van der Waals surface area contributed by atoms with Crippen molar-refractivity contribution in [3.8, 4) is 0 Å². The molecule has 2 heterocycles. The van der Waals surface area contributed by atoms with E-state index in [0.717, 1.165) is 0 Å². The molecule has 0 bridgehead atoms. The number of rotatable bonds is 4. The number of H-pyrrole nitrogens is 1. The molecular formula is C16H21N5O4. The molecular weight excluding hydrogens is 326 g/mol. The predicted octanol–water partition coefficient (Wildman–Crippen LogP) is 0.379. The average Bonchev–Trinajstić information content (AvgIpc) is 3.06. The lowest BCUT2D eigenvalue weighted by Crippen LogP contribution is -2.23. The second-order valence-electron chi connectivity index (χ2n) is 6.56. The van der Waals surface area contributed by atoms with Crippen molar-refractivity contribution in [2.45, 2.75) is 32.4 Å². The van der Waals surface area contributed by atoms with Gasteiger partial charge in [0, 0.05) is 5.92 Å². The number of nitrogens with two attached hydrogens (primary N) is 1. The molecule has 1 fully saturated rings. The zero-order chi connectivity index (χ0) is 18.3. The second-order valence-corrected chi connectivity index (χ2v) is 6.56. The maximum atomic E-state index is 11.9. The number of aliphatic hydroxyl groups excluding tert-OH is 1. The van der Waals surface area contributed by atoms with Crippen LogP contribution in [0.15, 0.2) is 23.3 Å². The van der Waals surface area contributed by atoms with Crippen molar-refractivity contribution in [3.63, 3.8) is 0 Å². The summed E-state index contributed by atoms with van der Waals surface area (Å²) in [7, 11) is 0. The Bertz CT molecular complexity index is 884. The van der Waals surface area contributed by atoms with Gasteiger partial charge in [0.2, 0.25) is 5.95 Å². The van der Waals surface area contributed by atoms with E-state index in [-0.39, 0.29) is 41.9 Å². The summed E-state index contributed by atoms with van der Waals surface area (Å²) in [6.45, 7) is 7.61. The molecule has 3 rings (SSSR count). The number of fused-ring (bicyclic) bond motifs is 1. The van der Waals surface area contributed by atoms with Crippen molar-refractivity contribution >= 4 is 23.1 Å². The van der Waals surface area contributed by atoms with Crippen LogP contribution in [0.1, 0.15) is 26.3 Å². The van der Waals surface area contributed by atoms with E-state index in [1.54, 1.807) is 18.4 Å². The third-order valence-corrected chi connectivity index (χ3v) is 4.50. The van der Waals surface area contributed by atoms with Crippen LogP contribution in [0.2, 0.25) is 0 Å². The van der Waals surface area contributed by atoms with Gasteiger partial charge < -0.3 is 20.1 Å². The molecule has 134 valence electrons. The molecule has 25 heavy (non-hydrogen) atoms. The van der Waals surface area contributed by atoms with E-state index in [4.69, 9.17) is 10.5 Å². The number of hydrogen-bond acceptors (Lipinski definition) is 7. The number of nitrogen functional groups attached to an aromatic ring is 1. The highest BCUT2D eigenvalue weighted by Gasteiger charge is 2.39. The molecule has 3 atom stereocenters. The Hall–Kier alpha value is -2.68. The van der Waals surface area contributed by atoms with E-state index >= 15 is 0 Å². The Morgan fingerprint density at radius 3 is 3.00 bits per heavy atom. The van der Waals surface area contributed by atoms with E-state index in [9.17, 15) is 14.7 Å². The number of carbonyl (C=O) groups is 1. The van der Waals surface area contributed by atoms with Crippen LogP contribution in [0.25, 0.3) is 11.2 Å². The summed E-state index contributed by atoms with van der Waals surface area (Å²) in [6.07, 6.45) is 1.13. The maximum absolute atomic E-state index is 11.9. The molecule has 0 radical (unpaired) electrons. The predicted molar refractivity (Wildman–Crippen MR) is 90.6 cm³/mol. The standard InChI is InChI=1S/C16H21N5O4/c1-7(2)15(24)25-5-9-8(3)10(4-11(9)22)21-6-18-12-13(21)19-16(17)20-14(12)23/h6-7,9-11,22H,3-5H2,1-2H3,(H3,17,19,20,23)/t9-,10-,11-/m0/s1. The Morgan fingerprint density at radius 1 is 1.60 bits per heavy atom. The van der Waals surface area contributed by atoms with E-state index in [1.165, 1.54) is 6.33 Å². The molecule has 1 aliphatic rings. The Morgan fingerprint density at radius 2 is 2.32 bits per heavy atom. The number of nitrogens with one attached hydrogen (secondary N) is 1. The smallest absolute Gasteiger partial charge is 0.308 e. The van der Waals surface area contributed by atoms with Crippen molar-refractivity contribution < 1.29 is 14.6 Å². The molecule has 9 heteroatoms. The molecule has 1 aliphatic carbocycles. The Labute approximate surface area is 143 Å². The average molecular weight is 347 g/mol. The third kappa shape index (κ3) is 3.02. The molecule has 0 aromatic carbocycles. The van der Waals surface area contributed by atoms with E-state index in [2.05, 4.69) is 21.5 Å². The normalized spacial score (nSPS) is 23.5. The van der Waals surface area contributed by atoms with Gasteiger partial charge in [0.15, 0.2) is 11.2 Å². The molecule has 0 saturated heterocycles. The number of carbonyl (C=O) groups excluding carboxylic acids is 1. The highest BCUT2D eigenvalue weighted by atomic mass is 16.5. The third-order valence-electron chi connectivity index (χ3n) is 4.50. The van der Waals surface area contributed by atoms with Crippen molar-refractivity contribution in [1.82, 2.24) is 19.5 Å². The number of anilines is 1. The van der Waals surface area contributed by atoms with Gasteiger partial charge in [-0.25, -0.2) is 4.98 Å². The zero-order valence-electron chi connectivity index (χ0n) is 14.1. The Kier molecular flexibility index (Phi) is 4.34. The highest BCUT2D eigenvalue weighted by molar-refractivity contribution is 5.72. The number of aliphatic hydroxyl groups is 1. The van der Waals surface area contributed by atoms with Crippen molar-refractivity contribution in [2.75, 3.05) is 12.3 Å². The topological polar surface area (TPSA) is 136 Å². The van der Waals surface area contributed by atoms with E-state index in [1.807, 2.05) is 0 Å². The molecule has 1 saturated carbocycles. The highest BCUT2D eigenvalue weighted by Crippen LogP contribution is 2.40. The minimum Gasteiger partial charge on any atom is -0.465 e. The van der Waals surface area contributed by atoms with Gasteiger partial charge in [-0.05, 0) is 12.0 Å². The number of aromatic nitrogens is 4. The van der Waals surface area contributed by atoms with Gasteiger partial charge in [0.1, 0.15) is 6.61 Å². The summed E-state index contributed by atoms with van der Waals surface area (Å²) < 4.78 is 6.92. The summed E-state index contributed by atoms with van der Waals surface area (Å²) in [5, 5.41) is 10.4. The van der Waals surface area contributed by atoms with Gasteiger partial charge in [-0.15, -0.1) is 0 Å². The first kappa shape index (κ1) is 17.2. The molecule has 2 aromatic rings. The number of nitrogens with zero attached hydrogens (tertiary/aromatic N) is 3. The summed E-state index contributed by atoms with van der Waals surface area (Å²) in [5.74, 6) is -0.952. The molecule has 4 N–H and O–H groups in total. The van der Waals surface area contributed by atoms with Crippen molar-refractivity contribution in [3.05, 3.63) is 28.8 Å². The van der Waals surface area contributed by atoms with Crippen LogP contribution in [0.4, 0.5) is 5.95 Å². The summed E-state index contributed by atoms with van der Waals surface area (Å²) >= 11 is 0. The molecule has 9 nitrogen and oxygen atoms in total. The quantitative estimate of drug-likeness (QED) is 0.537. The second kappa shape index (κ2) is 6.32. The van der Waals surface area contributed by atoms with Crippen LogP contribution in [0.3, 0.4) is 0 Å². The van der Waals surface area contributed by atoms with Gasteiger partial charge in [-0.3, -0.25) is 14.6 Å². The number of ether oxygens (including phenoxy) is 1. The zero-order valence-corrected chi connectivity index (χ0v) is 14.1. The first-order valence-electron chi connectivity index (χ1n) is 8.05. The first-order valence-corrected chi connectivity index (χ1v) is 8.05. The van der Waals surface area contributed by atoms with Gasteiger partial charge in [0.05, 0.1) is 24.4 Å². The van der Waals surface area contributed by atoms with Crippen LogP contribution in [0.5, 0.6) is 0 Å². The lowest BCUT2D eigenvalue weighted by molar-refractivity contribution is -0.149. The summed E-state index contributed by atoms with van der Waals surface area (Å²) in [4.78, 5) is 34.2. The minimum atomic E-state index is -0.714. The van der Waals surface area contributed by atoms with Crippen LogP contribution in [-0.2, 0) is 9.53 Å². The monoisotopic (exact) mass is 347 g/mol. The number of imidazole rings is 1. The minimum absolute atomic E-state index is 0.00850. The summed E-state index contributed by atoms with van der Waals surface area (Å²) in [5.41, 5.74) is 6.39. The van der Waals surface area contributed by atoms with Crippen molar-refractivity contribution in [1.29, 1.82) is 0 Å². The molecule has 0 unspecified atom stereocenters. The molecule has 2 aromatic heterocycles. The molecule has 0 spiro atoms. The fourth-order valence-electron chi connectivity index (χ4n) is 3.06. The molecule has 0 aliphatic heterocycles. The van der Waals surface area contributed by atoms with Crippen LogP contribution < -0.4 is 11.3 Å². The SMILES string of the molecule is C=C1[C@H](COC(=O)C(C)C)[C@@H](O)C[C@@H]1n1cnc2c(=O)[nH]c(N)nc21. The van der Waals surface area contributed by atoms with Gasteiger partial charge in [0.25, 0.3) is 5.56 Å². The molecule has 0 amide bonds. The van der Waals surface area contributed by atoms with Gasteiger partial charge in [-0.2, -0.15) is 4.98 Å². The van der Waals surface area contributed by atoms with Crippen LogP contribution in [-0.4, -0.2) is 43.3 Å². The maximum Gasteiger partial charge on any atom is 0.308 e. The van der Waals surface area contributed by atoms with Crippen molar-refractivity contribution in [2.24, 2.45) is 11.8 Å². The van der Waals surface area contributed by atoms with Gasteiger partial charge >= 0.3 is 5.97 Å². The first-order chi connectivity index (χ1) is 11.8. The lowest BCUT2D eigenvalue weighted by atomic mass is 10.0.